The predicted octanol–water partition coefficient (Wildman–Crippen LogP) is 3.92. The number of nitrogens with zero attached hydrogens (tertiary/aromatic N) is 2. The highest BCUT2D eigenvalue weighted by Gasteiger charge is 2.39. The maximum Gasteiger partial charge on any atom is 0.261 e. The van der Waals surface area contributed by atoms with Gasteiger partial charge in [0.15, 0.2) is 6.73 Å². The van der Waals surface area contributed by atoms with Crippen LogP contribution in [-0.2, 0) is 15.1 Å². The molecule has 0 N–H and O–H groups in total. The van der Waals surface area contributed by atoms with Gasteiger partial charge in [0.25, 0.3) is 5.91 Å². The van der Waals surface area contributed by atoms with E-state index in [1.54, 1.807) is 4.90 Å². The number of ether oxygens (including phenoxy) is 1. The second kappa shape index (κ2) is 6.89. The zero-order valence-electron chi connectivity index (χ0n) is 14.3. The molecule has 1 aliphatic rings. The summed E-state index contributed by atoms with van der Waals surface area (Å²) < 4.78 is 5.77. The zero-order valence-corrected chi connectivity index (χ0v) is 14.3. The summed E-state index contributed by atoms with van der Waals surface area (Å²) in [7, 11) is 0. The van der Waals surface area contributed by atoms with Crippen LogP contribution in [0.15, 0.2) is 71.6 Å². The first-order chi connectivity index (χ1) is 12.1. The molecule has 0 aliphatic carbocycles. The van der Waals surface area contributed by atoms with E-state index in [9.17, 15) is 9.70 Å². The molecule has 0 fully saturated rings. The Bertz CT molecular complexity index is 798. The lowest BCUT2D eigenvalue weighted by molar-refractivity contribution is -0.139. The molecule has 2 aromatic rings. The molecule has 1 amide bonds. The fourth-order valence-electron chi connectivity index (χ4n) is 3.02. The smallest absolute Gasteiger partial charge is 0.261 e. The standard InChI is InChI=1S/C20H20N2O3/c1-20(2,16-11-7-4-8-12-16)22-14-25-17(13-21-24)18(19(22)23)15-9-5-3-6-10-15/h3-12H,13-14H2,1-2H3. The number of rotatable bonds is 5. The third kappa shape index (κ3) is 3.18. The second-order valence-electron chi connectivity index (χ2n) is 6.38. The van der Waals surface area contributed by atoms with Gasteiger partial charge in [-0.15, -0.1) is 0 Å². The average molecular weight is 336 g/mol. The number of benzene rings is 2. The van der Waals surface area contributed by atoms with Gasteiger partial charge in [0.05, 0.1) is 11.1 Å². The Morgan fingerprint density at radius 1 is 1.04 bits per heavy atom. The second-order valence-corrected chi connectivity index (χ2v) is 6.38. The summed E-state index contributed by atoms with van der Waals surface area (Å²) >= 11 is 0. The maximum absolute atomic E-state index is 13.3. The lowest BCUT2D eigenvalue weighted by atomic mass is 9.90. The van der Waals surface area contributed by atoms with Gasteiger partial charge in [0, 0.05) is 0 Å². The number of carbonyl (C=O) groups excluding carboxylic acids is 1. The lowest BCUT2D eigenvalue weighted by Gasteiger charge is -2.42. The molecule has 0 bridgehead atoms. The largest absolute Gasteiger partial charge is 0.474 e. The van der Waals surface area contributed by atoms with Crippen LogP contribution < -0.4 is 0 Å². The Labute approximate surface area is 146 Å². The van der Waals surface area contributed by atoms with Crippen LogP contribution in [0.1, 0.15) is 25.0 Å². The van der Waals surface area contributed by atoms with Crippen molar-refractivity contribution in [3.8, 4) is 0 Å². The minimum absolute atomic E-state index is 0.0852. The molecule has 0 radical (unpaired) electrons. The van der Waals surface area contributed by atoms with Crippen molar-refractivity contribution in [3.63, 3.8) is 0 Å². The van der Waals surface area contributed by atoms with Crippen LogP contribution in [0.4, 0.5) is 0 Å². The van der Waals surface area contributed by atoms with Crippen LogP contribution in [0.3, 0.4) is 0 Å². The van der Waals surface area contributed by atoms with E-state index in [-0.39, 0.29) is 19.2 Å². The Morgan fingerprint density at radius 2 is 1.64 bits per heavy atom. The minimum atomic E-state index is -0.557. The molecule has 0 saturated heterocycles. The summed E-state index contributed by atoms with van der Waals surface area (Å²) in [5.41, 5.74) is 1.57. The number of hydrogen-bond acceptors (Lipinski definition) is 4. The van der Waals surface area contributed by atoms with Crippen molar-refractivity contribution in [1.29, 1.82) is 0 Å². The van der Waals surface area contributed by atoms with E-state index in [0.717, 1.165) is 11.1 Å². The molecule has 5 nitrogen and oxygen atoms in total. The van der Waals surface area contributed by atoms with Crippen LogP contribution in [-0.4, -0.2) is 24.1 Å². The average Bonchev–Trinajstić information content (AvgIpc) is 2.63. The number of amides is 1. The summed E-state index contributed by atoms with van der Waals surface area (Å²) in [6, 6.07) is 19.1. The van der Waals surface area contributed by atoms with Crippen molar-refractivity contribution in [3.05, 3.63) is 82.5 Å². The Hall–Kier alpha value is -2.95. The van der Waals surface area contributed by atoms with Gasteiger partial charge in [-0.05, 0) is 25.0 Å². The number of carbonyl (C=O) groups is 1. The van der Waals surface area contributed by atoms with Gasteiger partial charge in [-0.2, -0.15) is 4.91 Å². The number of hydrogen-bond donors (Lipinski definition) is 0. The lowest BCUT2D eigenvalue weighted by Crippen LogP contribution is -2.49. The van der Waals surface area contributed by atoms with Gasteiger partial charge >= 0.3 is 0 Å². The van der Waals surface area contributed by atoms with Crippen molar-refractivity contribution in [1.82, 2.24) is 4.90 Å². The van der Waals surface area contributed by atoms with Crippen molar-refractivity contribution in [2.75, 3.05) is 13.3 Å². The molecule has 0 atom stereocenters. The van der Waals surface area contributed by atoms with Gasteiger partial charge in [0.1, 0.15) is 12.3 Å². The molecule has 0 saturated carbocycles. The van der Waals surface area contributed by atoms with Crippen molar-refractivity contribution in [2.45, 2.75) is 19.4 Å². The van der Waals surface area contributed by atoms with E-state index in [0.29, 0.717) is 11.3 Å². The van der Waals surface area contributed by atoms with Crippen LogP contribution in [0.5, 0.6) is 0 Å². The van der Waals surface area contributed by atoms with Crippen LogP contribution in [0.25, 0.3) is 5.57 Å². The summed E-state index contributed by atoms with van der Waals surface area (Å²) in [6.07, 6.45) is 0. The Morgan fingerprint density at radius 3 is 2.24 bits per heavy atom. The molecule has 1 aliphatic heterocycles. The van der Waals surface area contributed by atoms with E-state index >= 15 is 0 Å². The first-order valence-electron chi connectivity index (χ1n) is 8.13. The fourth-order valence-corrected chi connectivity index (χ4v) is 3.02. The van der Waals surface area contributed by atoms with Crippen LogP contribution in [0, 0.1) is 4.91 Å². The molecule has 0 unspecified atom stereocenters. The van der Waals surface area contributed by atoms with Gasteiger partial charge in [0.2, 0.25) is 0 Å². The molecular weight excluding hydrogens is 316 g/mol. The quantitative estimate of drug-likeness (QED) is 0.778. The van der Waals surface area contributed by atoms with Crippen LogP contribution >= 0.6 is 0 Å². The molecule has 128 valence electrons. The van der Waals surface area contributed by atoms with E-state index in [2.05, 4.69) is 5.18 Å². The van der Waals surface area contributed by atoms with Crippen molar-refractivity contribution in [2.24, 2.45) is 5.18 Å². The van der Waals surface area contributed by atoms with E-state index < -0.39 is 5.54 Å². The minimum Gasteiger partial charge on any atom is -0.474 e. The topological polar surface area (TPSA) is 59.0 Å². The Kier molecular flexibility index (Phi) is 4.65. The molecule has 1 heterocycles. The third-order valence-electron chi connectivity index (χ3n) is 4.53. The molecule has 5 heteroatoms. The summed E-state index contributed by atoms with van der Waals surface area (Å²) in [5.74, 6) is 0.163. The molecular formula is C20H20N2O3. The SMILES string of the molecule is CC(C)(c1ccccc1)N1COC(CN=O)=C(c2ccccc2)C1=O. The van der Waals surface area contributed by atoms with E-state index in [4.69, 9.17) is 4.74 Å². The normalized spacial score (nSPS) is 15.1. The highest BCUT2D eigenvalue weighted by Crippen LogP contribution is 2.35. The van der Waals surface area contributed by atoms with Gasteiger partial charge in [-0.1, -0.05) is 65.8 Å². The van der Waals surface area contributed by atoms with Crippen molar-refractivity contribution >= 4 is 11.5 Å². The first-order valence-corrected chi connectivity index (χ1v) is 8.13. The molecule has 2 aromatic carbocycles. The molecule has 0 spiro atoms. The van der Waals surface area contributed by atoms with E-state index in [1.807, 2.05) is 74.5 Å². The zero-order chi connectivity index (χ0) is 17.9. The predicted molar refractivity (Wildman–Crippen MR) is 96.3 cm³/mol. The molecule has 3 rings (SSSR count). The van der Waals surface area contributed by atoms with Crippen molar-refractivity contribution < 1.29 is 9.53 Å². The maximum atomic E-state index is 13.3. The molecule has 25 heavy (non-hydrogen) atoms. The van der Waals surface area contributed by atoms with Gasteiger partial charge < -0.3 is 4.74 Å². The van der Waals surface area contributed by atoms with Crippen LogP contribution in [0.2, 0.25) is 0 Å². The Balaban J connectivity index is 2.04. The van der Waals surface area contributed by atoms with Gasteiger partial charge in [-0.25, -0.2) is 0 Å². The summed E-state index contributed by atoms with van der Waals surface area (Å²) in [6.45, 7) is 3.89. The highest BCUT2D eigenvalue weighted by atomic mass is 16.5. The fraction of sp³-hybridized carbons (Fsp3) is 0.250. The monoisotopic (exact) mass is 336 g/mol. The number of nitroso groups, excluding NO2 is 1. The summed E-state index contributed by atoms with van der Waals surface area (Å²) in [5, 5.41) is 2.91. The highest BCUT2D eigenvalue weighted by molar-refractivity contribution is 6.20. The summed E-state index contributed by atoms with van der Waals surface area (Å²) in [4.78, 5) is 25.7. The third-order valence-corrected chi connectivity index (χ3v) is 4.53. The first kappa shape index (κ1) is 16.9. The molecule has 0 aromatic heterocycles. The van der Waals surface area contributed by atoms with E-state index in [1.165, 1.54) is 0 Å². The van der Waals surface area contributed by atoms with Gasteiger partial charge in [-0.3, -0.25) is 9.69 Å².